The van der Waals surface area contributed by atoms with Gasteiger partial charge in [0.2, 0.25) is 5.76 Å². The summed E-state index contributed by atoms with van der Waals surface area (Å²) in [6.45, 7) is -0.280. The van der Waals surface area contributed by atoms with E-state index in [4.69, 9.17) is 9.84 Å². The van der Waals surface area contributed by atoms with Crippen LogP contribution in [-0.2, 0) is 11.3 Å². The van der Waals surface area contributed by atoms with Gasteiger partial charge < -0.3 is 24.6 Å². The van der Waals surface area contributed by atoms with Crippen LogP contribution in [0.25, 0.3) is 11.1 Å². The number of aliphatic hydroxyl groups is 1. The summed E-state index contributed by atoms with van der Waals surface area (Å²) in [6.07, 6.45) is -1.73. The van der Waals surface area contributed by atoms with E-state index in [-0.39, 0.29) is 18.8 Å². The molecule has 10 nitrogen and oxygen atoms in total. The van der Waals surface area contributed by atoms with E-state index < -0.39 is 23.9 Å². The van der Waals surface area contributed by atoms with Crippen LogP contribution in [0, 0.1) is 0 Å². The van der Waals surface area contributed by atoms with E-state index in [2.05, 4.69) is 15.1 Å². The van der Waals surface area contributed by atoms with Gasteiger partial charge in [-0.3, -0.25) is 10.2 Å². The Kier molecular flexibility index (Phi) is 6.85. The Labute approximate surface area is 177 Å². The minimum atomic E-state index is -1.73. The fourth-order valence-electron chi connectivity index (χ4n) is 2.90. The maximum Gasteiger partial charge on any atom is 0.333 e. The summed E-state index contributed by atoms with van der Waals surface area (Å²) in [5.41, 5.74) is 5.03. The average Bonchev–Trinajstić information content (AvgIpc) is 3.20. The first-order valence-electron chi connectivity index (χ1n) is 9.22. The predicted octanol–water partition coefficient (Wildman–Crippen LogP) is 1.65. The molecule has 0 spiro atoms. The number of amides is 1. The Hall–Kier alpha value is -3.89. The number of ether oxygens (including phenoxy) is 1. The number of carbonyl (C=O) groups excluding carboxylic acids is 1. The molecule has 1 unspecified atom stereocenters. The Morgan fingerprint density at radius 3 is 2.52 bits per heavy atom. The molecule has 0 saturated carbocycles. The first-order valence-corrected chi connectivity index (χ1v) is 9.22. The largest absolute Gasteiger partial charge is 0.496 e. The SMILES string of the molecule is COc1ccccc1-c1ccc(CN(CC(O)C(=O)O)NC(=O)c2cc(O)no2)cc1. The zero-order valence-electron chi connectivity index (χ0n) is 16.6. The number of hydrogen-bond acceptors (Lipinski definition) is 8. The van der Waals surface area contributed by atoms with Gasteiger partial charge in [-0.25, -0.2) is 9.80 Å². The van der Waals surface area contributed by atoms with E-state index >= 15 is 0 Å². The van der Waals surface area contributed by atoms with Crippen molar-refractivity contribution in [2.24, 2.45) is 0 Å². The number of methoxy groups -OCH3 is 1. The molecule has 3 aromatic rings. The van der Waals surface area contributed by atoms with Crippen LogP contribution in [0.1, 0.15) is 16.1 Å². The smallest absolute Gasteiger partial charge is 0.333 e. The summed E-state index contributed by atoms with van der Waals surface area (Å²) in [7, 11) is 1.59. The molecule has 0 fully saturated rings. The third-order valence-electron chi connectivity index (χ3n) is 4.40. The molecule has 4 N–H and O–H groups in total. The van der Waals surface area contributed by atoms with Gasteiger partial charge in [0, 0.05) is 12.1 Å². The zero-order chi connectivity index (χ0) is 22.4. The highest BCUT2D eigenvalue weighted by atomic mass is 16.5. The topological polar surface area (TPSA) is 145 Å². The number of aliphatic hydroxyl groups excluding tert-OH is 1. The number of hydrogen-bond donors (Lipinski definition) is 4. The Morgan fingerprint density at radius 1 is 1.19 bits per heavy atom. The molecule has 3 rings (SSSR count). The molecule has 0 radical (unpaired) electrons. The number of carbonyl (C=O) groups is 2. The lowest BCUT2D eigenvalue weighted by Gasteiger charge is -2.24. The molecule has 0 saturated heterocycles. The van der Waals surface area contributed by atoms with Gasteiger partial charge in [-0.1, -0.05) is 42.5 Å². The first kappa shape index (κ1) is 21.8. The van der Waals surface area contributed by atoms with Crippen molar-refractivity contribution >= 4 is 11.9 Å². The third kappa shape index (κ3) is 5.59. The summed E-state index contributed by atoms with van der Waals surface area (Å²) in [4.78, 5) is 23.3. The van der Waals surface area contributed by atoms with Crippen molar-refractivity contribution in [3.05, 3.63) is 65.9 Å². The Morgan fingerprint density at radius 2 is 1.90 bits per heavy atom. The fourth-order valence-corrected chi connectivity index (χ4v) is 2.90. The number of nitrogens with one attached hydrogen (secondary N) is 1. The van der Waals surface area contributed by atoms with Crippen molar-refractivity contribution in [3.8, 4) is 22.8 Å². The molecule has 0 aliphatic heterocycles. The van der Waals surface area contributed by atoms with Crippen LogP contribution in [-0.4, -0.2) is 57.1 Å². The van der Waals surface area contributed by atoms with Crippen LogP contribution in [0.2, 0.25) is 0 Å². The second-order valence-electron chi connectivity index (χ2n) is 6.62. The molecule has 1 atom stereocenters. The number of benzene rings is 2. The number of nitrogens with zero attached hydrogens (tertiary/aromatic N) is 2. The number of aromatic hydroxyl groups is 1. The van der Waals surface area contributed by atoms with Crippen molar-refractivity contribution < 1.29 is 34.2 Å². The molecule has 1 heterocycles. The summed E-state index contributed by atoms with van der Waals surface area (Å²) in [6, 6.07) is 15.9. The van der Waals surface area contributed by atoms with Crippen LogP contribution < -0.4 is 10.2 Å². The average molecular weight is 427 g/mol. The number of hydrazine groups is 1. The van der Waals surface area contributed by atoms with E-state index in [0.717, 1.165) is 28.5 Å². The molecule has 0 bridgehead atoms. The van der Waals surface area contributed by atoms with E-state index in [0.29, 0.717) is 0 Å². The quantitative estimate of drug-likeness (QED) is 0.374. The standard InChI is InChI=1S/C21H21N3O7/c1-30-17-5-3-2-4-15(17)14-8-6-13(7-9-14)11-24(12-16(25)21(28)29)22-20(27)18-10-19(26)23-31-18/h2-10,16,25H,11-12H2,1H3,(H,22,27)(H,23,26)(H,28,29). The highest BCUT2D eigenvalue weighted by molar-refractivity contribution is 5.91. The van der Waals surface area contributed by atoms with E-state index in [1.165, 1.54) is 5.01 Å². The lowest BCUT2D eigenvalue weighted by atomic mass is 10.0. The lowest BCUT2D eigenvalue weighted by Crippen LogP contribution is -2.47. The summed E-state index contributed by atoms with van der Waals surface area (Å²) >= 11 is 0. The molecule has 31 heavy (non-hydrogen) atoms. The van der Waals surface area contributed by atoms with Crippen molar-refractivity contribution in [2.75, 3.05) is 13.7 Å². The number of carboxylic acid groups (broad SMARTS) is 1. The molecule has 162 valence electrons. The molecule has 1 aromatic heterocycles. The maximum absolute atomic E-state index is 12.3. The summed E-state index contributed by atoms with van der Waals surface area (Å²) in [5, 5.41) is 32.4. The summed E-state index contributed by atoms with van der Waals surface area (Å²) < 4.78 is 10.1. The molecular weight excluding hydrogens is 406 g/mol. The number of rotatable bonds is 9. The molecule has 10 heteroatoms. The van der Waals surface area contributed by atoms with Gasteiger partial charge in [-0.15, -0.1) is 0 Å². The second kappa shape index (κ2) is 9.74. The van der Waals surface area contributed by atoms with Gasteiger partial charge >= 0.3 is 11.9 Å². The van der Waals surface area contributed by atoms with Crippen molar-refractivity contribution in [2.45, 2.75) is 12.6 Å². The molecule has 0 aliphatic rings. The minimum absolute atomic E-state index is 0.0996. The van der Waals surface area contributed by atoms with Gasteiger partial charge in [0.25, 0.3) is 5.88 Å². The molecule has 1 amide bonds. The molecule has 2 aromatic carbocycles. The summed E-state index contributed by atoms with van der Waals surface area (Å²) in [5.74, 6) is -2.18. The van der Waals surface area contributed by atoms with E-state index in [1.54, 1.807) is 7.11 Å². The van der Waals surface area contributed by atoms with Gasteiger partial charge in [0.1, 0.15) is 5.75 Å². The molecular formula is C21H21N3O7. The Balaban J connectivity index is 1.76. The van der Waals surface area contributed by atoms with Gasteiger partial charge in [-0.2, -0.15) is 0 Å². The van der Waals surface area contributed by atoms with E-state index in [9.17, 15) is 19.8 Å². The zero-order valence-corrected chi connectivity index (χ0v) is 16.6. The highest BCUT2D eigenvalue weighted by Crippen LogP contribution is 2.29. The van der Waals surface area contributed by atoms with Crippen molar-refractivity contribution in [1.82, 2.24) is 15.6 Å². The number of carboxylic acids is 1. The fraction of sp³-hybridized carbons (Fsp3) is 0.190. The monoisotopic (exact) mass is 427 g/mol. The predicted molar refractivity (Wildman–Crippen MR) is 108 cm³/mol. The third-order valence-corrected chi connectivity index (χ3v) is 4.40. The normalized spacial score (nSPS) is 11.8. The van der Waals surface area contributed by atoms with Crippen LogP contribution in [0.4, 0.5) is 0 Å². The minimum Gasteiger partial charge on any atom is -0.496 e. The van der Waals surface area contributed by atoms with Gasteiger partial charge in [0.05, 0.1) is 19.7 Å². The lowest BCUT2D eigenvalue weighted by molar-refractivity contribution is -0.148. The first-order chi connectivity index (χ1) is 14.9. The van der Waals surface area contributed by atoms with Crippen LogP contribution >= 0.6 is 0 Å². The number of para-hydroxylation sites is 1. The number of aromatic nitrogens is 1. The van der Waals surface area contributed by atoms with Crippen LogP contribution in [0.5, 0.6) is 11.6 Å². The molecule has 0 aliphatic carbocycles. The second-order valence-corrected chi connectivity index (χ2v) is 6.62. The van der Waals surface area contributed by atoms with Crippen LogP contribution in [0.15, 0.2) is 59.1 Å². The van der Waals surface area contributed by atoms with E-state index in [1.807, 2.05) is 48.5 Å². The highest BCUT2D eigenvalue weighted by Gasteiger charge is 2.22. The maximum atomic E-state index is 12.3. The van der Waals surface area contributed by atoms with Gasteiger partial charge in [-0.05, 0) is 22.3 Å². The Bertz CT molecular complexity index is 1050. The van der Waals surface area contributed by atoms with Crippen molar-refractivity contribution in [1.29, 1.82) is 0 Å². The van der Waals surface area contributed by atoms with Gasteiger partial charge in [0.15, 0.2) is 6.10 Å². The number of aliphatic carboxylic acids is 1. The van der Waals surface area contributed by atoms with Crippen molar-refractivity contribution in [3.63, 3.8) is 0 Å². The van der Waals surface area contributed by atoms with Crippen LogP contribution in [0.3, 0.4) is 0 Å².